The van der Waals surface area contributed by atoms with Crippen LogP contribution in [0.3, 0.4) is 0 Å². The van der Waals surface area contributed by atoms with Gasteiger partial charge in [-0.3, -0.25) is 5.41 Å². The van der Waals surface area contributed by atoms with Crippen LogP contribution in [0.1, 0.15) is 16.8 Å². The van der Waals surface area contributed by atoms with Gasteiger partial charge in [0.2, 0.25) is 0 Å². The molecular formula is C15H17BrN4. The summed E-state index contributed by atoms with van der Waals surface area (Å²) >= 11 is 3.43. The molecule has 0 unspecified atom stereocenters. The molecule has 3 N–H and O–H groups in total. The number of anilines is 1. The molecule has 0 saturated carbocycles. The topological polar surface area (TPSA) is 66.0 Å². The number of nitrogens with one attached hydrogen (secondary N) is 1. The monoisotopic (exact) mass is 332 g/mol. The van der Waals surface area contributed by atoms with Crippen molar-refractivity contribution < 1.29 is 0 Å². The summed E-state index contributed by atoms with van der Waals surface area (Å²) in [4.78, 5) is 6.54. The molecule has 0 amide bonds. The number of aryl methyl sites for hydroxylation is 1. The zero-order valence-electron chi connectivity index (χ0n) is 11.5. The molecule has 5 heteroatoms. The average Bonchev–Trinajstić information content (AvgIpc) is 2.40. The van der Waals surface area contributed by atoms with Crippen molar-refractivity contribution in [3.05, 3.63) is 57.7 Å². The quantitative estimate of drug-likeness (QED) is 0.667. The summed E-state index contributed by atoms with van der Waals surface area (Å²) in [5, 5.41) is 7.54. The maximum absolute atomic E-state index is 7.54. The van der Waals surface area contributed by atoms with Gasteiger partial charge < -0.3 is 10.6 Å². The summed E-state index contributed by atoms with van der Waals surface area (Å²) in [7, 11) is 1.98. The smallest absolute Gasteiger partial charge is 0.129 e. The number of hydrogen-bond acceptors (Lipinski definition) is 3. The molecule has 1 aromatic heterocycles. The van der Waals surface area contributed by atoms with Crippen molar-refractivity contribution in [2.75, 3.05) is 11.9 Å². The van der Waals surface area contributed by atoms with Gasteiger partial charge in [0.25, 0.3) is 0 Å². The predicted molar refractivity (Wildman–Crippen MR) is 86.2 cm³/mol. The van der Waals surface area contributed by atoms with Crippen LogP contribution in [0, 0.1) is 12.3 Å². The highest BCUT2D eigenvalue weighted by Gasteiger charge is 2.07. The summed E-state index contributed by atoms with van der Waals surface area (Å²) in [5.41, 5.74) is 8.31. The van der Waals surface area contributed by atoms with Gasteiger partial charge in [-0.1, -0.05) is 28.1 Å². The molecule has 2 aromatic rings. The van der Waals surface area contributed by atoms with Crippen molar-refractivity contribution >= 4 is 27.6 Å². The van der Waals surface area contributed by atoms with Crippen molar-refractivity contribution in [2.24, 2.45) is 5.73 Å². The number of pyridine rings is 1. The Kier molecular flexibility index (Phi) is 4.39. The molecule has 20 heavy (non-hydrogen) atoms. The van der Waals surface area contributed by atoms with Crippen molar-refractivity contribution in [2.45, 2.75) is 13.5 Å². The molecule has 104 valence electrons. The van der Waals surface area contributed by atoms with Crippen LogP contribution in [0.2, 0.25) is 0 Å². The molecule has 2 rings (SSSR count). The maximum atomic E-state index is 7.54. The lowest BCUT2D eigenvalue weighted by molar-refractivity contribution is 0.891. The van der Waals surface area contributed by atoms with Crippen LogP contribution in [0.25, 0.3) is 0 Å². The molecule has 1 aromatic carbocycles. The third-order valence-electron chi connectivity index (χ3n) is 2.97. The Hall–Kier alpha value is -1.88. The van der Waals surface area contributed by atoms with Crippen LogP contribution in [0.4, 0.5) is 5.82 Å². The number of rotatable bonds is 4. The van der Waals surface area contributed by atoms with E-state index in [2.05, 4.69) is 33.0 Å². The number of nitrogens with zero attached hydrogens (tertiary/aromatic N) is 2. The Morgan fingerprint density at radius 1 is 1.30 bits per heavy atom. The van der Waals surface area contributed by atoms with Crippen molar-refractivity contribution in [3.8, 4) is 0 Å². The van der Waals surface area contributed by atoms with Gasteiger partial charge in [0.05, 0.1) is 0 Å². The lowest BCUT2D eigenvalue weighted by Crippen LogP contribution is -2.20. The molecule has 0 aliphatic heterocycles. The van der Waals surface area contributed by atoms with E-state index in [0.29, 0.717) is 5.56 Å². The minimum Gasteiger partial charge on any atom is -0.384 e. The second-order valence-corrected chi connectivity index (χ2v) is 5.67. The molecule has 0 bridgehead atoms. The van der Waals surface area contributed by atoms with Crippen LogP contribution in [-0.2, 0) is 6.54 Å². The number of aromatic nitrogens is 1. The van der Waals surface area contributed by atoms with Gasteiger partial charge in [0.15, 0.2) is 0 Å². The zero-order chi connectivity index (χ0) is 14.7. The number of nitrogen functional groups attached to an aromatic ring is 1. The first-order chi connectivity index (χ1) is 9.45. The summed E-state index contributed by atoms with van der Waals surface area (Å²) in [6.45, 7) is 2.66. The van der Waals surface area contributed by atoms with E-state index < -0.39 is 0 Å². The first kappa shape index (κ1) is 14.5. The average molecular weight is 333 g/mol. The normalized spacial score (nSPS) is 10.3. The number of amidine groups is 1. The van der Waals surface area contributed by atoms with Crippen molar-refractivity contribution in [1.82, 2.24) is 4.98 Å². The van der Waals surface area contributed by atoms with Crippen molar-refractivity contribution in [3.63, 3.8) is 0 Å². The van der Waals surface area contributed by atoms with E-state index in [9.17, 15) is 0 Å². The standard InChI is InChI=1S/C15H17BrN4/c1-10-7-12(15(17)18)8-14(19-10)20(2)9-11-3-5-13(16)6-4-11/h3-8H,9H2,1-2H3,(H3,17,18). The summed E-state index contributed by atoms with van der Waals surface area (Å²) < 4.78 is 1.07. The van der Waals surface area contributed by atoms with Gasteiger partial charge >= 0.3 is 0 Å². The van der Waals surface area contributed by atoms with Gasteiger partial charge in [-0.2, -0.15) is 0 Å². The van der Waals surface area contributed by atoms with Crippen LogP contribution in [0.5, 0.6) is 0 Å². The molecule has 0 atom stereocenters. The Balaban J connectivity index is 2.22. The number of halogens is 1. The molecular weight excluding hydrogens is 316 g/mol. The minimum atomic E-state index is 0.0637. The van der Waals surface area contributed by atoms with Gasteiger partial charge in [0.1, 0.15) is 11.7 Å². The van der Waals surface area contributed by atoms with E-state index >= 15 is 0 Å². The van der Waals surface area contributed by atoms with Crippen LogP contribution < -0.4 is 10.6 Å². The summed E-state index contributed by atoms with van der Waals surface area (Å²) in [6, 6.07) is 11.8. The van der Waals surface area contributed by atoms with Crippen LogP contribution in [0.15, 0.2) is 40.9 Å². The first-order valence-electron chi connectivity index (χ1n) is 6.24. The van der Waals surface area contributed by atoms with Crippen molar-refractivity contribution in [1.29, 1.82) is 5.41 Å². The van der Waals surface area contributed by atoms with E-state index in [0.717, 1.165) is 22.5 Å². The lowest BCUT2D eigenvalue weighted by Gasteiger charge is -2.19. The maximum Gasteiger partial charge on any atom is 0.129 e. The molecule has 4 nitrogen and oxygen atoms in total. The molecule has 0 fully saturated rings. The van der Waals surface area contributed by atoms with Crippen LogP contribution in [-0.4, -0.2) is 17.9 Å². The fraction of sp³-hybridized carbons (Fsp3) is 0.200. The second kappa shape index (κ2) is 6.05. The highest BCUT2D eigenvalue weighted by atomic mass is 79.9. The minimum absolute atomic E-state index is 0.0637. The third-order valence-corrected chi connectivity index (χ3v) is 3.50. The van der Waals surface area contributed by atoms with Crippen LogP contribution >= 0.6 is 15.9 Å². The molecule has 0 spiro atoms. The third kappa shape index (κ3) is 3.57. The fourth-order valence-electron chi connectivity index (χ4n) is 1.95. The van der Waals surface area contributed by atoms with E-state index in [1.54, 1.807) is 0 Å². The number of benzene rings is 1. The largest absolute Gasteiger partial charge is 0.384 e. The molecule has 0 aliphatic carbocycles. The van der Waals surface area contributed by atoms with Gasteiger partial charge in [-0.25, -0.2) is 4.98 Å². The second-order valence-electron chi connectivity index (χ2n) is 4.75. The zero-order valence-corrected chi connectivity index (χ0v) is 13.1. The molecule has 0 aliphatic rings. The SMILES string of the molecule is Cc1cc(C(=N)N)cc(N(C)Cc2ccc(Br)cc2)n1. The number of nitrogens with two attached hydrogens (primary N) is 1. The summed E-state index contributed by atoms with van der Waals surface area (Å²) in [6.07, 6.45) is 0. The highest BCUT2D eigenvalue weighted by Crippen LogP contribution is 2.17. The molecule has 1 heterocycles. The highest BCUT2D eigenvalue weighted by molar-refractivity contribution is 9.10. The van der Waals surface area contributed by atoms with E-state index in [4.69, 9.17) is 11.1 Å². The fourth-order valence-corrected chi connectivity index (χ4v) is 2.21. The van der Waals surface area contributed by atoms with Gasteiger partial charge in [-0.15, -0.1) is 0 Å². The molecule has 0 saturated heterocycles. The Morgan fingerprint density at radius 2 is 1.95 bits per heavy atom. The van der Waals surface area contributed by atoms with Gasteiger partial charge in [-0.05, 0) is 36.8 Å². The Labute approximate surface area is 127 Å². The predicted octanol–water partition coefficient (Wildman–Crippen LogP) is 3.07. The van der Waals surface area contributed by atoms with E-state index in [-0.39, 0.29) is 5.84 Å². The first-order valence-corrected chi connectivity index (χ1v) is 7.03. The Bertz CT molecular complexity index is 622. The van der Waals surface area contributed by atoms with E-state index in [1.165, 1.54) is 5.56 Å². The summed E-state index contributed by atoms with van der Waals surface area (Å²) in [5.74, 6) is 0.881. The van der Waals surface area contributed by atoms with Gasteiger partial charge in [0, 0.05) is 29.3 Å². The van der Waals surface area contributed by atoms with E-state index in [1.807, 2.05) is 43.1 Å². The number of hydrogen-bond donors (Lipinski definition) is 2. The molecule has 0 radical (unpaired) electrons. The Morgan fingerprint density at radius 3 is 2.55 bits per heavy atom. The lowest BCUT2D eigenvalue weighted by atomic mass is 10.2.